The van der Waals surface area contributed by atoms with E-state index in [0.717, 1.165) is 11.5 Å². The predicted molar refractivity (Wildman–Crippen MR) is 72.7 cm³/mol. The molecule has 1 aliphatic rings. The van der Waals surface area contributed by atoms with Gasteiger partial charge in [-0.2, -0.15) is 0 Å². The molecule has 1 aromatic rings. The highest BCUT2D eigenvalue weighted by atomic mass is 16.6. The highest BCUT2D eigenvalue weighted by Gasteiger charge is 2.21. The quantitative estimate of drug-likeness (QED) is 0.903. The van der Waals surface area contributed by atoms with Crippen molar-refractivity contribution >= 4 is 6.03 Å². The first-order valence-corrected chi connectivity index (χ1v) is 6.65. The summed E-state index contributed by atoms with van der Waals surface area (Å²) in [5, 5.41) is 2.87. The Morgan fingerprint density at radius 1 is 1.32 bits per heavy atom. The van der Waals surface area contributed by atoms with E-state index in [0.29, 0.717) is 26.2 Å². The number of carbonyl (C=O) groups excluding carboxylic acids is 1. The Hall–Kier alpha value is -1.91. The molecular formula is C14H20N2O3. The van der Waals surface area contributed by atoms with Crippen LogP contribution in [-0.2, 0) is 0 Å². The van der Waals surface area contributed by atoms with Crippen LogP contribution in [0.2, 0.25) is 0 Å². The second-order valence-corrected chi connectivity index (χ2v) is 4.36. The Morgan fingerprint density at radius 3 is 2.68 bits per heavy atom. The summed E-state index contributed by atoms with van der Waals surface area (Å²) in [5.41, 5.74) is 0. The fourth-order valence-electron chi connectivity index (χ4n) is 1.99. The SMILES string of the molecule is CCN(CC)C(=O)NCC1COc2ccccc2O1. The molecule has 1 aromatic carbocycles. The molecule has 0 radical (unpaired) electrons. The maximum atomic E-state index is 11.8. The van der Waals surface area contributed by atoms with Gasteiger partial charge in [0.25, 0.3) is 0 Å². The fraction of sp³-hybridized carbons (Fsp3) is 0.500. The molecule has 2 amide bonds. The van der Waals surface area contributed by atoms with E-state index in [9.17, 15) is 4.79 Å². The minimum Gasteiger partial charge on any atom is -0.486 e. The van der Waals surface area contributed by atoms with Crippen LogP contribution >= 0.6 is 0 Å². The molecule has 2 rings (SSSR count). The summed E-state index contributed by atoms with van der Waals surface area (Å²) in [4.78, 5) is 13.5. The van der Waals surface area contributed by atoms with E-state index >= 15 is 0 Å². The maximum absolute atomic E-state index is 11.8. The smallest absolute Gasteiger partial charge is 0.317 e. The molecule has 1 N–H and O–H groups in total. The predicted octanol–water partition coefficient (Wildman–Crippen LogP) is 1.88. The van der Waals surface area contributed by atoms with E-state index < -0.39 is 0 Å². The van der Waals surface area contributed by atoms with Gasteiger partial charge in [0.05, 0.1) is 6.54 Å². The van der Waals surface area contributed by atoms with Gasteiger partial charge in [-0.05, 0) is 26.0 Å². The summed E-state index contributed by atoms with van der Waals surface area (Å²) in [6.45, 7) is 6.22. The minimum absolute atomic E-state index is 0.0625. The zero-order chi connectivity index (χ0) is 13.7. The highest BCUT2D eigenvalue weighted by molar-refractivity contribution is 5.74. The molecule has 0 bridgehead atoms. The van der Waals surface area contributed by atoms with E-state index in [-0.39, 0.29) is 12.1 Å². The topological polar surface area (TPSA) is 50.8 Å². The second-order valence-electron chi connectivity index (χ2n) is 4.36. The van der Waals surface area contributed by atoms with Crippen molar-refractivity contribution in [1.29, 1.82) is 0 Å². The summed E-state index contributed by atoms with van der Waals surface area (Å²) in [7, 11) is 0. The van der Waals surface area contributed by atoms with Crippen molar-refractivity contribution in [2.24, 2.45) is 0 Å². The Morgan fingerprint density at radius 2 is 2.00 bits per heavy atom. The summed E-state index contributed by atoms with van der Waals surface area (Å²) in [5.74, 6) is 1.49. The van der Waals surface area contributed by atoms with Gasteiger partial charge in [0.2, 0.25) is 0 Å². The van der Waals surface area contributed by atoms with Crippen molar-refractivity contribution in [3.05, 3.63) is 24.3 Å². The molecule has 0 saturated heterocycles. The zero-order valence-corrected chi connectivity index (χ0v) is 11.4. The third-order valence-electron chi connectivity index (χ3n) is 3.10. The van der Waals surface area contributed by atoms with Crippen molar-refractivity contribution in [3.63, 3.8) is 0 Å². The molecule has 0 saturated carbocycles. The number of rotatable bonds is 4. The number of nitrogens with one attached hydrogen (secondary N) is 1. The Bertz CT molecular complexity index is 432. The average Bonchev–Trinajstić information content (AvgIpc) is 2.46. The van der Waals surface area contributed by atoms with E-state index in [2.05, 4.69) is 5.32 Å². The van der Waals surface area contributed by atoms with Crippen LogP contribution in [0.5, 0.6) is 11.5 Å². The van der Waals surface area contributed by atoms with Gasteiger partial charge in [0.15, 0.2) is 17.6 Å². The Labute approximate surface area is 113 Å². The van der Waals surface area contributed by atoms with E-state index in [1.807, 2.05) is 38.1 Å². The number of urea groups is 1. The van der Waals surface area contributed by atoms with Crippen LogP contribution in [0, 0.1) is 0 Å². The molecule has 104 valence electrons. The number of amides is 2. The van der Waals surface area contributed by atoms with Crippen molar-refractivity contribution in [1.82, 2.24) is 10.2 Å². The van der Waals surface area contributed by atoms with Gasteiger partial charge in [0, 0.05) is 13.1 Å². The lowest BCUT2D eigenvalue weighted by atomic mass is 10.2. The van der Waals surface area contributed by atoms with Gasteiger partial charge in [-0.15, -0.1) is 0 Å². The number of hydrogen-bond donors (Lipinski definition) is 1. The van der Waals surface area contributed by atoms with Gasteiger partial charge < -0.3 is 19.7 Å². The third-order valence-corrected chi connectivity index (χ3v) is 3.10. The Kier molecular flexibility index (Phi) is 4.49. The molecule has 1 atom stereocenters. The first kappa shape index (κ1) is 13.5. The van der Waals surface area contributed by atoms with Crippen LogP contribution in [0.15, 0.2) is 24.3 Å². The number of carbonyl (C=O) groups is 1. The lowest BCUT2D eigenvalue weighted by Crippen LogP contribution is -2.46. The minimum atomic E-state index is -0.144. The summed E-state index contributed by atoms with van der Waals surface area (Å²) >= 11 is 0. The molecule has 0 fully saturated rings. The molecule has 1 aliphatic heterocycles. The number of ether oxygens (including phenoxy) is 2. The van der Waals surface area contributed by atoms with Crippen LogP contribution < -0.4 is 14.8 Å². The molecule has 1 unspecified atom stereocenters. The van der Waals surface area contributed by atoms with Crippen LogP contribution in [0.1, 0.15) is 13.8 Å². The normalized spacial score (nSPS) is 16.8. The standard InChI is InChI=1S/C14H20N2O3/c1-3-16(4-2)14(17)15-9-11-10-18-12-7-5-6-8-13(12)19-11/h5-8,11H,3-4,9-10H2,1-2H3,(H,15,17). The maximum Gasteiger partial charge on any atom is 0.317 e. The van der Waals surface area contributed by atoms with Gasteiger partial charge in [-0.1, -0.05) is 12.1 Å². The van der Waals surface area contributed by atoms with Crippen molar-refractivity contribution in [2.45, 2.75) is 20.0 Å². The van der Waals surface area contributed by atoms with Gasteiger partial charge >= 0.3 is 6.03 Å². The summed E-state index contributed by atoms with van der Waals surface area (Å²) in [6, 6.07) is 7.49. The monoisotopic (exact) mass is 264 g/mol. The molecule has 19 heavy (non-hydrogen) atoms. The molecule has 5 heteroatoms. The Balaban J connectivity index is 1.84. The average molecular weight is 264 g/mol. The number of benzene rings is 1. The van der Waals surface area contributed by atoms with Gasteiger partial charge in [-0.3, -0.25) is 0 Å². The van der Waals surface area contributed by atoms with Gasteiger partial charge in [0.1, 0.15) is 6.61 Å². The molecule has 0 aromatic heterocycles. The molecular weight excluding hydrogens is 244 g/mol. The first-order chi connectivity index (χ1) is 9.24. The molecule has 0 spiro atoms. The lowest BCUT2D eigenvalue weighted by Gasteiger charge is -2.27. The summed E-state index contributed by atoms with van der Waals surface area (Å²) in [6.07, 6.45) is -0.144. The lowest BCUT2D eigenvalue weighted by molar-refractivity contribution is 0.0903. The van der Waals surface area contributed by atoms with Crippen LogP contribution in [0.3, 0.4) is 0 Å². The van der Waals surface area contributed by atoms with Gasteiger partial charge in [-0.25, -0.2) is 4.79 Å². The fourth-order valence-corrected chi connectivity index (χ4v) is 1.99. The second kappa shape index (κ2) is 6.31. The zero-order valence-electron chi connectivity index (χ0n) is 11.4. The number of hydrogen-bond acceptors (Lipinski definition) is 3. The van der Waals surface area contributed by atoms with Crippen molar-refractivity contribution in [2.75, 3.05) is 26.2 Å². The molecule has 1 heterocycles. The van der Waals surface area contributed by atoms with Crippen LogP contribution in [-0.4, -0.2) is 43.3 Å². The molecule has 5 nitrogen and oxygen atoms in total. The highest BCUT2D eigenvalue weighted by Crippen LogP contribution is 2.30. The van der Waals surface area contributed by atoms with Crippen molar-refractivity contribution in [3.8, 4) is 11.5 Å². The number of para-hydroxylation sites is 2. The van der Waals surface area contributed by atoms with E-state index in [4.69, 9.17) is 9.47 Å². The first-order valence-electron chi connectivity index (χ1n) is 6.65. The van der Waals surface area contributed by atoms with Crippen LogP contribution in [0.25, 0.3) is 0 Å². The molecule has 0 aliphatic carbocycles. The van der Waals surface area contributed by atoms with E-state index in [1.54, 1.807) is 4.90 Å². The third kappa shape index (κ3) is 3.30. The largest absolute Gasteiger partial charge is 0.486 e. The number of fused-ring (bicyclic) bond motifs is 1. The van der Waals surface area contributed by atoms with Crippen molar-refractivity contribution < 1.29 is 14.3 Å². The van der Waals surface area contributed by atoms with E-state index in [1.165, 1.54) is 0 Å². The number of nitrogens with zero attached hydrogens (tertiary/aromatic N) is 1. The van der Waals surface area contributed by atoms with Crippen LogP contribution in [0.4, 0.5) is 4.79 Å². The summed E-state index contributed by atoms with van der Waals surface area (Å²) < 4.78 is 11.4.